The Morgan fingerprint density at radius 1 is 1.16 bits per heavy atom. The molecule has 0 bridgehead atoms. The molecule has 37 heavy (non-hydrogen) atoms. The Balaban J connectivity index is 1.32. The van der Waals surface area contributed by atoms with Gasteiger partial charge in [0.1, 0.15) is 4.90 Å². The van der Waals surface area contributed by atoms with Crippen molar-refractivity contribution in [1.29, 1.82) is 0 Å². The molecule has 1 fully saturated rings. The van der Waals surface area contributed by atoms with E-state index in [1.54, 1.807) is 41.8 Å². The van der Waals surface area contributed by atoms with Gasteiger partial charge in [0.15, 0.2) is 0 Å². The summed E-state index contributed by atoms with van der Waals surface area (Å²) in [6, 6.07) is 14.1. The Kier molecular flexibility index (Phi) is 7.71. The van der Waals surface area contributed by atoms with Crippen LogP contribution in [-0.2, 0) is 16.4 Å². The van der Waals surface area contributed by atoms with Crippen molar-refractivity contribution in [2.75, 3.05) is 23.1 Å². The van der Waals surface area contributed by atoms with Gasteiger partial charge >= 0.3 is 0 Å². The number of halogens is 1. The molecule has 8 nitrogen and oxygen atoms in total. The third kappa shape index (κ3) is 6.10. The minimum absolute atomic E-state index is 0.0453. The first kappa shape index (κ1) is 25.6. The molecule has 1 saturated heterocycles. The molecule has 1 aliphatic heterocycles. The number of anilines is 2. The number of sulfonamides is 1. The lowest BCUT2D eigenvalue weighted by Crippen LogP contribution is -2.38. The van der Waals surface area contributed by atoms with Crippen molar-refractivity contribution >= 4 is 44.6 Å². The van der Waals surface area contributed by atoms with Gasteiger partial charge in [0.25, 0.3) is 10.0 Å². The lowest BCUT2D eigenvalue weighted by atomic mass is 10.0. The van der Waals surface area contributed by atoms with Gasteiger partial charge in [-0.3, -0.25) is 4.72 Å². The number of aryl methyl sites for hydroxylation is 1. The first-order valence-corrected chi connectivity index (χ1v) is 14.7. The number of nitrogens with one attached hydrogen (secondary N) is 3. The molecule has 2 aromatic carbocycles. The second kappa shape index (κ2) is 11.1. The van der Waals surface area contributed by atoms with Crippen LogP contribution in [0.2, 0.25) is 5.02 Å². The third-order valence-electron chi connectivity index (χ3n) is 6.24. The average molecular weight is 555 g/mol. The summed E-state index contributed by atoms with van der Waals surface area (Å²) in [7, 11) is -3.80. The van der Waals surface area contributed by atoms with E-state index < -0.39 is 10.0 Å². The normalized spacial score (nSPS) is 15.9. The SMILES string of the molecule is Cc1cc(NS(=O)(=O)c2ccccc2Cl)ccc1Cc1ncsc1-c1ccnc(N[C@H]2CCCNC2)n1. The molecule has 2 aromatic heterocycles. The molecule has 192 valence electrons. The van der Waals surface area contributed by atoms with Gasteiger partial charge in [0.2, 0.25) is 5.95 Å². The van der Waals surface area contributed by atoms with Crippen LogP contribution in [0.1, 0.15) is 29.7 Å². The summed E-state index contributed by atoms with van der Waals surface area (Å²) < 4.78 is 28.2. The van der Waals surface area contributed by atoms with Gasteiger partial charge in [-0.2, -0.15) is 0 Å². The number of thiazole rings is 1. The highest BCUT2D eigenvalue weighted by Crippen LogP contribution is 2.30. The van der Waals surface area contributed by atoms with Gasteiger partial charge < -0.3 is 10.6 Å². The van der Waals surface area contributed by atoms with Gasteiger partial charge in [0.05, 0.1) is 26.8 Å². The second-order valence-corrected chi connectivity index (χ2v) is 11.8. The standard InChI is InChI=1S/C26H27ClN6O2S2/c1-17-13-19(33-37(34,35)24-7-3-2-6-21(24)27)9-8-18(17)14-23-25(36-16-30-23)22-10-12-29-26(32-22)31-20-5-4-11-28-15-20/h2-3,6-10,12-13,16,20,28,33H,4-5,11,14-15H2,1H3,(H,29,31,32)/t20-/m0/s1. The molecule has 3 heterocycles. The van der Waals surface area contributed by atoms with E-state index in [0.717, 1.165) is 53.3 Å². The topological polar surface area (TPSA) is 109 Å². The zero-order valence-corrected chi connectivity index (χ0v) is 22.6. The summed E-state index contributed by atoms with van der Waals surface area (Å²) in [5.41, 5.74) is 6.05. The van der Waals surface area contributed by atoms with Crippen molar-refractivity contribution in [2.24, 2.45) is 0 Å². The van der Waals surface area contributed by atoms with Crippen molar-refractivity contribution in [3.05, 3.63) is 82.1 Å². The van der Waals surface area contributed by atoms with Crippen LogP contribution in [0.4, 0.5) is 11.6 Å². The number of aromatic nitrogens is 3. The predicted molar refractivity (Wildman–Crippen MR) is 149 cm³/mol. The molecule has 0 radical (unpaired) electrons. The van der Waals surface area contributed by atoms with Crippen molar-refractivity contribution in [3.63, 3.8) is 0 Å². The summed E-state index contributed by atoms with van der Waals surface area (Å²) in [5.74, 6) is 0.622. The van der Waals surface area contributed by atoms with Crippen LogP contribution in [0, 0.1) is 6.92 Å². The smallest absolute Gasteiger partial charge is 0.263 e. The molecular weight excluding hydrogens is 528 g/mol. The lowest BCUT2D eigenvalue weighted by Gasteiger charge is -2.23. The highest BCUT2D eigenvalue weighted by molar-refractivity contribution is 7.92. The predicted octanol–water partition coefficient (Wildman–Crippen LogP) is 5.12. The Labute approximate surface area is 225 Å². The third-order valence-corrected chi connectivity index (χ3v) is 9.01. The fourth-order valence-corrected chi connectivity index (χ4v) is 6.68. The maximum atomic E-state index is 12.8. The zero-order valence-electron chi connectivity index (χ0n) is 20.2. The molecule has 3 N–H and O–H groups in total. The molecule has 11 heteroatoms. The van der Waals surface area contributed by atoms with E-state index in [1.165, 1.54) is 6.07 Å². The summed E-state index contributed by atoms with van der Waals surface area (Å²) in [6.07, 6.45) is 4.60. The first-order chi connectivity index (χ1) is 17.9. The van der Waals surface area contributed by atoms with Crippen LogP contribution in [0.15, 0.2) is 65.1 Å². The molecular formula is C26H27ClN6O2S2. The van der Waals surface area contributed by atoms with Gasteiger partial charge in [-0.25, -0.2) is 23.4 Å². The van der Waals surface area contributed by atoms with Crippen LogP contribution in [0.25, 0.3) is 10.6 Å². The van der Waals surface area contributed by atoms with E-state index in [-0.39, 0.29) is 9.92 Å². The van der Waals surface area contributed by atoms with Crippen LogP contribution >= 0.6 is 22.9 Å². The molecule has 1 aliphatic rings. The highest BCUT2D eigenvalue weighted by atomic mass is 35.5. The van der Waals surface area contributed by atoms with Crippen molar-refractivity contribution in [2.45, 2.75) is 37.1 Å². The molecule has 0 amide bonds. The minimum Gasteiger partial charge on any atom is -0.350 e. The van der Waals surface area contributed by atoms with E-state index in [9.17, 15) is 8.42 Å². The van der Waals surface area contributed by atoms with Gasteiger partial charge in [-0.1, -0.05) is 29.8 Å². The Morgan fingerprint density at radius 3 is 2.81 bits per heavy atom. The molecule has 1 atom stereocenters. The van der Waals surface area contributed by atoms with E-state index in [4.69, 9.17) is 16.6 Å². The van der Waals surface area contributed by atoms with Crippen molar-refractivity contribution in [1.82, 2.24) is 20.3 Å². The summed E-state index contributed by atoms with van der Waals surface area (Å²) in [4.78, 5) is 14.8. The molecule has 0 aliphatic carbocycles. The van der Waals surface area contributed by atoms with E-state index in [2.05, 4.69) is 25.3 Å². The number of hydrogen-bond donors (Lipinski definition) is 3. The molecule has 0 spiro atoms. The number of piperidine rings is 1. The maximum Gasteiger partial charge on any atom is 0.263 e. The van der Waals surface area contributed by atoms with Gasteiger partial charge in [0, 0.05) is 30.9 Å². The average Bonchev–Trinajstić information content (AvgIpc) is 3.35. The molecule has 5 rings (SSSR count). The lowest BCUT2D eigenvalue weighted by molar-refractivity contribution is 0.478. The van der Waals surface area contributed by atoms with E-state index in [0.29, 0.717) is 24.1 Å². The van der Waals surface area contributed by atoms with Gasteiger partial charge in [-0.15, -0.1) is 11.3 Å². The van der Waals surface area contributed by atoms with Crippen LogP contribution in [-0.4, -0.2) is 42.5 Å². The second-order valence-electron chi connectivity index (χ2n) is 8.94. The van der Waals surface area contributed by atoms with Gasteiger partial charge in [-0.05, 0) is 67.8 Å². The molecule has 0 saturated carbocycles. The zero-order chi connectivity index (χ0) is 25.8. The van der Waals surface area contributed by atoms with Crippen molar-refractivity contribution < 1.29 is 8.42 Å². The Morgan fingerprint density at radius 2 is 2.03 bits per heavy atom. The number of nitrogens with zero attached hydrogens (tertiary/aromatic N) is 3. The highest BCUT2D eigenvalue weighted by Gasteiger charge is 2.19. The van der Waals surface area contributed by atoms with E-state index in [1.807, 2.05) is 30.6 Å². The molecule has 0 unspecified atom stereocenters. The Hall–Kier alpha value is -3.05. The first-order valence-electron chi connectivity index (χ1n) is 12.0. The summed E-state index contributed by atoms with van der Waals surface area (Å²) in [6.45, 7) is 3.92. The summed E-state index contributed by atoms with van der Waals surface area (Å²) in [5, 5.41) is 7.01. The largest absolute Gasteiger partial charge is 0.350 e. The maximum absolute atomic E-state index is 12.8. The van der Waals surface area contributed by atoms with Crippen LogP contribution in [0.3, 0.4) is 0 Å². The van der Waals surface area contributed by atoms with E-state index >= 15 is 0 Å². The number of benzene rings is 2. The fraction of sp³-hybridized carbons (Fsp3) is 0.269. The quantitative estimate of drug-likeness (QED) is 0.277. The van der Waals surface area contributed by atoms with Crippen LogP contribution in [0.5, 0.6) is 0 Å². The van der Waals surface area contributed by atoms with Crippen LogP contribution < -0.4 is 15.4 Å². The minimum atomic E-state index is -3.80. The molecule has 4 aromatic rings. The number of rotatable bonds is 8. The van der Waals surface area contributed by atoms with Crippen molar-refractivity contribution in [3.8, 4) is 10.6 Å². The fourth-order valence-electron chi connectivity index (χ4n) is 4.33. The summed E-state index contributed by atoms with van der Waals surface area (Å²) >= 11 is 7.64. The number of hydrogen-bond acceptors (Lipinski definition) is 8. The monoisotopic (exact) mass is 554 g/mol. The Bertz CT molecular complexity index is 1500.